The number of aryl methyl sites for hydroxylation is 1. The molecule has 0 radical (unpaired) electrons. The summed E-state index contributed by atoms with van der Waals surface area (Å²) < 4.78 is 47.4. The Morgan fingerprint density at radius 2 is 1.90 bits per heavy atom. The van der Waals surface area contributed by atoms with E-state index in [9.17, 15) is 21.6 Å². The Morgan fingerprint density at radius 1 is 1.25 bits per heavy atom. The van der Waals surface area contributed by atoms with Crippen molar-refractivity contribution in [1.29, 1.82) is 0 Å². The van der Waals surface area contributed by atoms with E-state index in [-0.39, 0.29) is 18.5 Å². The quantitative estimate of drug-likeness (QED) is 0.753. The summed E-state index contributed by atoms with van der Waals surface area (Å²) in [5.41, 5.74) is 0.850. The van der Waals surface area contributed by atoms with E-state index in [2.05, 4.69) is 4.72 Å². The molecule has 0 saturated carbocycles. The highest BCUT2D eigenvalue weighted by molar-refractivity contribution is 8.08. The number of anilines is 1. The highest BCUT2D eigenvalue weighted by Gasteiger charge is 2.18. The van der Waals surface area contributed by atoms with Crippen molar-refractivity contribution in [2.45, 2.75) is 12.8 Å². The molecule has 9 heteroatoms. The normalized spacial score (nSPS) is 12.1. The van der Waals surface area contributed by atoms with Crippen LogP contribution in [0.1, 0.15) is 12.0 Å². The molecule has 1 rings (SSSR count). The molecular formula is C11H15NO6S2. The lowest BCUT2D eigenvalue weighted by molar-refractivity contribution is -0.136. The molecule has 0 aromatic heterocycles. The van der Waals surface area contributed by atoms with Gasteiger partial charge in [-0.2, -0.15) is 0 Å². The van der Waals surface area contributed by atoms with Gasteiger partial charge in [0.15, 0.2) is 14.9 Å². The van der Waals surface area contributed by atoms with Crippen LogP contribution in [0.4, 0.5) is 5.69 Å². The smallest absolute Gasteiger partial charge is 0.303 e. The highest BCUT2D eigenvalue weighted by Crippen LogP contribution is 2.14. The Labute approximate surface area is 117 Å². The van der Waals surface area contributed by atoms with Crippen molar-refractivity contribution in [1.82, 2.24) is 0 Å². The Balaban J connectivity index is 2.83. The topological polar surface area (TPSA) is 118 Å². The van der Waals surface area contributed by atoms with Gasteiger partial charge >= 0.3 is 5.97 Å². The molecule has 0 heterocycles. The van der Waals surface area contributed by atoms with Crippen LogP contribution < -0.4 is 4.72 Å². The molecule has 0 spiro atoms. The molecule has 0 saturated heterocycles. The highest BCUT2D eigenvalue weighted by atomic mass is 32.3. The average molecular weight is 321 g/mol. The molecule has 112 valence electrons. The first kappa shape index (κ1) is 16.4. The molecule has 0 fully saturated rings. The summed E-state index contributed by atoms with van der Waals surface area (Å²) in [7, 11) is -7.66. The molecule has 2 N–H and O–H groups in total. The van der Waals surface area contributed by atoms with Crippen LogP contribution in [0.15, 0.2) is 24.3 Å². The standard InChI is InChI=1S/C11H15NO6S2/c1-19(15,16)8-20(17,18)12-10-4-2-3-9(7-10)5-6-11(13)14/h2-4,7,12H,5-6,8H2,1H3,(H,13,14). The van der Waals surface area contributed by atoms with E-state index in [1.807, 2.05) is 0 Å². The number of rotatable bonds is 7. The van der Waals surface area contributed by atoms with Gasteiger partial charge in [-0.15, -0.1) is 0 Å². The number of aliphatic carboxylic acids is 1. The number of sulfone groups is 1. The molecule has 0 bridgehead atoms. The lowest BCUT2D eigenvalue weighted by Gasteiger charge is -2.08. The second-order valence-electron chi connectivity index (χ2n) is 4.35. The third-order valence-electron chi connectivity index (χ3n) is 2.20. The first-order valence-corrected chi connectivity index (χ1v) is 9.28. The zero-order valence-electron chi connectivity index (χ0n) is 10.7. The van der Waals surface area contributed by atoms with Crippen molar-refractivity contribution in [2.24, 2.45) is 0 Å². The molecular weight excluding hydrogens is 306 g/mol. The fourth-order valence-electron chi connectivity index (χ4n) is 1.53. The molecule has 7 nitrogen and oxygen atoms in total. The number of sulfonamides is 1. The van der Waals surface area contributed by atoms with E-state index in [1.165, 1.54) is 12.1 Å². The summed E-state index contributed by atoms with van der Waals surface area (Å²) in [5, 5.41) is 7.58. The molecule has 0 aliphatic rings. The van der Waals surface area contributed by atoms with Crippen molar-refractivity contribution in [3.8, 4) is 0 Å². The summed E-state index contributed by atoms with van der Waals surface area (Å²) in [4.78, 5) is 10.5. The number of benzene rings is 1. The predicted octanol–water partition coefficient (Wildman–Crippen LogP) is 0.448. The number of hydrogen-bond donors (Lipinski definition) is 2. The second-order valence-corrected chi connectivity index (χ2v) is 8.58. The fraction of sp³-hybridized carbons (Fsp3) is 0.364. The van der Waals surface area contributed by atoms with Gasteiger partial charge in [0.25, 0.3) is 0 Å². The summed E-state index contributed by atoms with van der Waals surface area (Å²) in [6.07, 6.45) is 1.02. The molecule has 1 aromatic carbocycles. The average Bonchev–Trinajstić information content (AvgIpc) is 2.22. The van der Waals surface area contributed by atoms with E-state index in [0.717, 1.165) is 6.26 Å². The van der Waals surface area contributed by atoms with Gasteiger partial charge in [0.1, 0.15) is 0 Å². The van der Waals surface area contributed by atoms with E-state index < -0.39 is 30.9 Å². The molecule has 0 atom stereocenters. The van der Waals surface area contributed by atoms with Gasteiger partial charge in [0.05, 0.1) is 0 Å². The SMILES string of the molecule is CS(=O)(=O)CS(=O)(=O)Nc1cccc(CCC(=O)O)c1. The minimum absolute atomic E-state index is 0.0699. The van der Waals surface area contributed by atoms with E-state index in [1.54, 1.807) is 12.1 Å². The predicted molar refractivity (Wildman–Crippen MR) is 74.7 cm³/mol. The number of carboxylic acids is 1. The van der Waals surface area contributed by atoms with Gasteiger partial charge < -0.3 is 5.11 Å². The largest absolute Gasteiger partial charge is 0.481 e. The summed E-state index contributed by atoms with van der Waals surface area (Å²) in [5.74, 6) is -0.951. The van der Waals surface area contributed by atoms with Crippen molar-refractivity contribution < 1.29 is 26.7 Å². The van der Waals surface area contributed by atoms with E-state index in [0.29, 0.717) is 5.56 Å². The van der Waals surface area contributed by atoms with Crippen LogP contribution in [0.2, 0.25) is 0 Å². The zero-order valence-corrected chi connectivity index (χ0v) is 12.4. The van der Waals surface area contributed by atoms with Gasteiger partial charge in [0.2, 0.25) is 10.0 Å². The Kier molecular flexibility index (Phi) is 5.12. The lowest BCUT2D eigenvalue weighted by Crippen LogP contribution is -2.22. The second kappa shape index (κ2) is 6.23. The van der Waals surface area contributed by atoms with Gasteiger partial charge in [-0.05, 0) is 24.1 Å². The van der Waals surface area contributed by atoms with Crippen LogP contribution in [0.3, 0.4) is 0 Å². The minimum Gasteiger partial charge on any atom is -0.481 e. The Hall–Kier alpha value is -1.61. The third kappa shape index (κ3) is 6.53. The molecule has 0 amide bonds. The van der Waals surface area contributed by atoms with E-state index >= 15 is 0 Å². The van der Waals surface area contributed by atoms with Gasteiger partial charge in [-0.25, -0.2) is 16.8 Å². The molecule has 1 aromatic rings. The summed E-state index contributed by atoms with van der Waals surface area (Å²) in [6, 6.07) is 6.17. The molecule has 0 aliphatic heterocycles. The maximum Gasteiger partial charge on any atom is 0.303 e. The number of carbonyl (C=O) groups is 1. The lowest BCUT2D eigenvalue weighted by atomic mass is 10.1. The van der Waals surface area contributed by atoms with Crippen LogP contribution in [-0.4, -0.2) is 39.3 Å². The van der Waals surface area contributed by atoms with Crippen molar-refractivity contribution in [2.75, 3.05) is 16.1 Å². The zero-order chi connectivity index (χ0) is 15.4. The summed E-state index contributed by atoms with van der Waals surface area (Å²) >= 11 is 0. The first-order valence-electron chi connectivity index (χ1n) is 5.56. The van der Waals surface area contributed by atoms with Gasteiger partial charge in [0, 0.05) is 18.4 Å². The van der Waals surface area contributed by atoms with Crippen LogP contribution in [0, 0.1) is 0 Å². The Bertz CT molecular complexity index is 693. The van der Waals surface area contributed by atoms with Gasteiger partial charge in [-0.1, -0.05) is 12.1 Å². The minimum atomic E-state index is -3.99. The molecule has 0 unspecified atom stereocenters. The van der Waals surface area contributed by atoms with E-state index in [4.69, 9.17) is 5.11 Å². The van der Waals surface area contributed by atoms with Crippen molar-refractivity contribution >= 4 is 31.5 Å². The van der Waals surface area contributed by atoms with Crippen LogP contribution in [0.5, 0.6) is 0 Å². The molecule has 20 heavy (non-hydrogen) atoms. The number of nitrogens with one attached hydrogen (secondary N) is 1. The summed E-state index contributed by atoms with van der Waals surface area (Å²) in [6.45, 7) is 0. The van der Waals surface area contributed by atoms with Crippen molar-refractivity contribution in [3.63, 3.8) is 0 Å². The van der Waals surface area contributed by atoms with Crippen molar-refractivity contribution in [3.05, 3.63) is 29.8 Å². The monoisotopic (exact) mass is 321 g/mol. The first-order chi connectivity index (χ1) is 9.07. The van der Waals surface area contributed by atoms with Crippen LogP contribution in [-0.2, 0) is 31.1 Å². The Morgan fingerprint density at radius 3 is 2.45 bits per heavy atom. The maximum atomic E-state index is 11.6. The maximum absolute atomic E-state index is 11.6. The molecule has 0 aliphatic carbocycles. The van der Waals surface area contributed by atoms with Crippen LogP contribution >= 0.6 is 0 Å². The van der Waals surface area contributed by atoms with Crippen LogP contribution in [0.25, 0.3) is 0 Å². The van der Waals surface area contributed by atoms with Gasteiger partial charge in [-0.3, -0.25) is 9.52 Å². The number of carboxylic acid groups (broad SMARTS) is 1. The third-order valence-corrected chi connectivity index (χ3v) is 5.70. The fourth-order valence-corrected chi connectivity index (χ4v) is 4.51. The number of hydrogen-bond acceptors (Lipinski definition) is 5.